The number of hydrogen-bond donors (Lipinski definition) is 0. The topological polar surface area (TPSA) is 27.7 Å². The zero-order chi connectivity index (χ0) is 14.9. The second-order valence-electron chi connectivity index (χ2n) is 5.18. The van der Waals surface area contributed by atoms with E-state index in [9.17, 15) is 0 Å². The van der Waals surface area contributed by atoms with Crippen LogP contribution >= 0.6 is 7.06 Å². The van der Waals surface area contributed by atoms with Gasteiger partial charge in [0.05, 0.1) is 0 Å². The number of rotatable bonds is 3. The van der Waals surface area contributed by atoms with Gasteiger partial charge in [-0.15, -0.1) is 0 Å². The van der Waals surface area contributed by atoms with E-state index < -0.39 is 7.06 Å². The minimum atomic E-state index is -3.44. The predicted molar refractivity (Wildman–Crippen MR) is 88.4 cm³/mol. The van der Waals surface area contributed by atoms with Crippen LogP contribution in [0.1, 0.15) is 0 Å². The van der Waals surface area contributed by atoms with E-state index in [0.717, 1.165) is 15.9 Å². The standard InChI is InChI=1S/C18H15O3P/c1-4-10-16(11-5-1)22(20-19-21-22,17-12-6-2-7-13-17)18-14-8-3-9-15-18/h1-15H. The molecule has 0 atom stereocenters. The van der Waals surface area contributed by atoms with Crippen LogP contribution in [0.4, 0.5) is 0 Å². The van der Waals surface area contributed by atoms with E-state index in [-0.39, 0.29) is 0 Å². The van der Waals surface area contributed by atoms with Gasteiger partial charge in [0.15, 0.2) is 0 Å². The number of benzene rings is 3. The average Bonchev–Trinajstić information content (AvgIpc) is 2.58. The molecule has 0 spiro atoms. The van der Waals surface area contributed by atoms with Crippen molar-refractivity contribution in [2.45, 2.75) is 0 Å². The summed E-state index contributed by atoms with van der Waals surface area (Å²) in [7, 11) is -3.44. The molecule has 0 radical (unpaired) electrons. The van der Waals surface area contributed by atoms with Gasteiger partial charge in [-0.05, 0) is 0 Å². The molecule has 1 aliphatic rings. The van der Waals surface area contributed by atoms with Crippen LogP contribution in [0.3, 0.4) is 0 Å². The quantitative estimate of drug-likeness (QED) is 0.549. The summed E-state index contributed by atoms with van der Waals surface area (Å²) in [6.45, 7) is 0. The summed E-state index contributed by atoms with van der Waals surface area (Å²) in [6, 6.07) is 30.0. The van der Waals surface area contributed by atoms with E-state index in [0.29, 0.717) is 0 Å². The second kappa shape index (κ2) is 5.01. The molecule has 0 saturated carbocycles. The minimum absolute atomic E-state index is 0.983. The van der Waals surface area contributed by atoms with E-state index in [1.807, 2.05) is 91.0 Å². The fourth-order valence-corrected chi connectivity index (χ4v) is 6.72. The van der Waals surface area contributed by atoms with Crippen molar-refractivity contribution in [3.05, 3.63) is 91.0 Å². The summed E-state index contributed by atoms with van der Waals surface area (Å²) in [6.07, 6.45) is 0. The van der Waals surface area contributed by atoms with Crippen molar-refractivity contribution in [1.82, 2.24) is 0 Å². The Labute approximate surface area is 129 Å². The Morgan fingerprint density at radius 3 is 1.00 bits per heavy atom. The Morgan fingerprint density at radius 1 is 0.455 bits per heavy atom. The Balaban J connectivity index is 2.09. The molecule has 0 amide bonds. The normalized spacial score (nSPS) is 20.3. The molecule has 1 heterocycles. The van der Waals surface area contributed by atoms with Crippen molar-refractivity contribution < 1.29 is 14.4 Å². The van der Waals surface area contributed by atoms with Crippen molar-refractivity contribution in [2.75, 3.05) is 0 Å². The molecule has 3 aromatic carbocycles. The molecule has 3 aromatic rings. The third-order valence-electron chi connectivity index (χ3n) is 4.02. The van der Waals surface area contributed by atoms with Gasteiger partial charge in [-0.25, -0.2) is 0 Å². The summed E-state index contributed by atoms with van der Waals surface area (Å²) >= 11 is 0. The van der Waals surface area contributed by atoms with Crippen LogP contribution in [0.5, 0.6) is 0 Å². The van der Waals surface area contributed by atoms with E-state index in [1.54, 1.807) is 0 Å². The Bertz CT molecular complexity index is 668. The molecule has 1 saturated heterocycles. The van der Waals surface area contributed by atoms with Gasteiger partial charge in [-0.3, -0.25) is 0 Å². The van der Waals surface area contributed by atoms with Gasteiger partial charge in [-0.1, -0.05) is 0 Å². The van der Waals surface area contributed by atoms with Crippen LogP contribution in [0, 0.1) is 0 Å². The maximum atomic E-state index is 5.87. The van der Waals surface area contributed by atoms with Crippen molar-refractivity contribution >= 4 is 23.0 Å². The Morgan fingerprint density at radius 2 is 0.773 bits per heavy atom. The zero-order valence-corrected chi connectivity index (χ0v) is 12.7. The Kier molecular flexibility index (Phi) is 3.10. The first-order valence-electron chi connectivity index (χ1n) is 7.10. The molecule has 110 valence electrons. The second-order valence-corrected chi connectivity index (χ2v) is 8.94. The van der Waals surface area contributed by atoms with Crippen molar-refractivity contribution in [2.24, 2.45) is 0 Å². The summed E-state index contributed by atoms with van der Waals surface area (Å²) in [4.78, 5) is 0. The van der Waals surface area contributed by atoms with Crippen molar-refractivity contribution in [3.63, 3.8) is 0 Å². The molecular formula is C18H15O3P. The van der Waals surface area contributed by atoms with E-state index in [2.05, 4.69) is 0 Å². The molecule has 0 aromatic heterocycles. The van der Waals surface area contributed by atoms with E-state index in [4.69, 9.17) is 14.4 Å². The first-order chi connectivity index (χ1) is 10.9. The molecular weight excluding hydrogens is 295 g/mol. The monoisotopic (exact) mass is 310 g/mol. The Hall–Kier alpha value is -2.03. The summed E-state index contributed by atoms with van der Waals surface area (Å²) in [5.74, 6) is 0. The van der Waals surface area contributed by atoms with Crippen molar-refractivity contribution in [3.8, 4) is 0 Å². The van der Waals surface area contributed by atoms with Gasteiger partial charge in [0.25, 0.3) is 0 Å². The summed E-state index contributed by atoms with van der Waals surface area (Å²) < 4.78 is 11.7. The third-order valence-corrected chi connectivity index (χ3v) is 8.42. The van der Waals surface area contributed by atoms with Gasteiger partial charge >= 0.3 is 128 Å². The van der Waals surface area contributed by atoms with Crippen LogP contribution in [0.15, 0.2) is 91.0 Å². The molecule has 3 nitrogen and oxygen atoms in total. The molecule has 0 N–H and O–H groups in total. The van der Waals surface area contributed by atoms with Gasteiger partial charge in [0.1, 0.15) is 0 Å². The molecule has 0 unspecified atom stereocenters. The van der Waals surface area contributed by atoms with E-state index >= 15 is 0 Å². The fourth-order valence-electron chi connectivity index (χ4n) is 2.92. The molecule has 4 heteroatoms. The average molecular weight is 310 g/mol. The fraction of sp³-hybridized carbons (Fsp3) is 0. The molecule has 4 rings (SSSR count). The first-order valence-corrected chi connectivity index (χ1v) is 9.17. The van der Waals surface area contributed by atoms with Crippen LogP contribution in [-0.2, 0) is 14.4 Å². The van der Waals surface area contributed by atoms with Crippen LogP contribution < -0.4 is 15.9 Å². The van der Waals surface area contributed by atoms with Crippen LogP contribution in [0.2, 0.25) is 0 Å². The van der Waals surface area contributed by atoms with Crippen LogP contribution in [-0.4, -0.2) is 0 Å². The van der Waals surface area contributed by atoms with Gasteiger partial charge in [0.2, 0.25) is 0 Å². The zero-order valence-electron chi connectivity index (χ0n) is 11.8. The summed E-state index contributed by atoms with van der Waals surface area (Å²) in [5.41, 5.74) is 0. The SMILES string of the molecule is c1ccc(P2(c3ccccc3)(c3ccccc3)OOO2)cc1. The van der Waals surface area contributed by atoms with Gasteiger partial charge in [-0.2, -0.15) is 0 Å². The first kappa shape index (κ1) is 13.6. The van der Waals surface area contributed by atoms with E-state index in [1.165, 1.54) is 0 Å². The molecule has 22 heavy (non-hydrogen) atoms. The van der Waals surface area contributed by atoms with Gasteiger partial charge < -0.3 is 0 Å². The van der Waals surface area contributed by atoms with Gasteiger partial charge in [0, 0.05) is 0 Å². The maximum absolute atomic E-state index is 5.87. The van der Waals surface area contributed by atoms with Crippen LogP contribution in [0.25, 0.3) is 0 Å². The number of hydrogen-bond acceptors (Lipinski definition) is 3. The molecule has 1 aliphatic heterocycles. The molecule has 0 bridgehead atoms. The van der Waals surface area contributed by atoms with Crippen molar-refractivity contribution in [1.29, 1.82) is 0 Å². The molecule has 0 aliphatic carbocycles. The molecule has 1 fully saturated rings. The third kappa shape index (κ3) is 1.65. The summed E-state index contributed by atoms with van der Waals surface area (Å²) in [5, 5.41) is 7.81. The predicted octanol–water partition coefficient (Wildman–Crippen LogP) is 3.24.